The molecule has 48 heavy (non-hydrogen) atoms. The number of nitrogens with zero attached hydrogens (tertiary/aromatic N) is 5. The molecule has 2 aromatic rings. The van der Waals surface area contributed by atoms with Crippen LogP contribution in [0.15, 0.2) is 49.6 Å². The molecule has 260 valence electrons. The maximum Gasteiger partial charge on any atom is 0.312 e. The molecule has 4 heterocycles. The molecule has 1 aromatic heterocycles. The number of likely N-dealkylation sites (tertiary alicyclic amines) is 1. The van der Waals surface area contributed by atoms with E-state index in [0.717, 1.165) is 5.52 Å². The molecule has 9 atom stereocenters. The number of ether oxygens (including phenoxy) is 2. The van der Waals surface area contributed by atoms with E-state index < -0.39 is 59.5 Å². The second kappa shape index (κ2) is 14.9. The summed E-state index contributed by atoms with van der Waals surface area (Å²) in [6, 6.07) is 5.56. The van der Waals surface area contributed by atoms with Crippen LogP contribution < -0.4 is 5.32 Å². The van der Waals surface area contributed by atoms with Crippen LogP contribution in [0.25, 0.3) is 11.0 Å². The molecule has 5 rings (SSSR count). The number of carbonyl (C=O) groups is 4. The summed E-state index contributed by atoms with van der Waals surface area (Å²) in [5.41, 5.74) is 0.0440. The van der Waals surface area contributed by atoms with Crippen LogP contribution in [0.1, 0.15) is 46.5 Å². The predicted molar refractivity (Wildman–Crippen MR) is 180 cm³/mol. The first-order chi connectivity index (χ1) is 23.0. The summed E-state index contributed by atoms with van der Waals surface area (Å²) in [6.07, 6.45) is 3.60. The molecule has 14 heteroatoms. The van der Waals surface area contributed by atoms with Gasteiger partial charge in [-0.2, -0.15) is 0 Å². The number of nitrogens with one attached hydrogen (secondary N) is 1. The molecule has 0 saturated carbocycles. The largest absolute Gasteiger partial charge is 0.460 e. The fraction of sp³-hybridized carbons (Fsp3) is 0.588. The van der Waals surface area contributed by atoms with Gasteiger partial charge < -0.3 is 29.7 Å². The second-order valence-corrected chi connectivity index (χ2v) is 14.2. The Balaban J connectivity index is 1.48. The lowest BCUT2D eigenvalue weighted by atomic mass is 9.70. The lowest BCUT2D eigenvalue weighted by molar-refractivity contribution is -0.160. The summed E-state index contributed by atoms with van der Waals surface area (Å²) >= 11 is 3.69. The van der Waals surface area contributed by atoms with E-state index in [2.05, 4.69) is 44.7 Å². The van der Waals surface area contributed by atoms with E-state index >= 15 is 0 Å². The molecule has 1 unspecified atom stereocenters. The van der Waals surface area contributed by atoms with Gasteiger partial charge in [0.2, 0.25) is 17.7 Å². The number of alkyl halides is 1. The summed E-state index contributed by atoms with van der Waals surface area (Å²) in [5.74, 6) is -3.83. The minimum Gasteiger partial charge on any atom is -0.460 e. The fourth-order valence-corrected chi connectivity index (χ4v) is 8.36. The number of para-hydroxylation sites is 1. The van der Waals surface area contributed by atoms with Crippen LogP contribution in [0.5, 0.6) is 0 Å². The summed E-state index contributed by atoms with van der Waals surface area (Å²) in [5, 5.41) is 21.9. The first-order valence-electron chi connectivity index (χ1n) is 16.5. The number of benzene rings is 1. The Kier molecular flexibility index (Phi) is 11.1. The van der Waals surface area contributed by atoms with Gasteiger partial charge in [0.15, 0.2) is 0 Å². The Bertz CT molecular complexity index is 1550. The normalized spacial score (nSPS) is 27.7. The van der Waals surface area contributed by atoms with E-state index in [1.165, 1.54) is 4.90 Å². The van der Waals surface area contributed by atoms with E-state index in [1.807, 2.05) is 38.1 Å². The van der Waals surface area contributed by atoms with Crippen LogP contribution in [0.3, 0.4) is 0 Å². The van der Waals surface area contributed by atoms with Crippen molar-refractivity contribution < 1.29 is 33.8 Å². The number of allylic oxidation sites excluding steroid dienone is 1. The Hall–Kier alpha value is -3.62. The van der Waals surface area contributed by atoms with Gasteiger partial charge >= 0.3 is 5.97 Å². The highest BCUT2D eigenvalue weighted by atomic mass is 79.9. The number of carbonyl (C=O) groups excluding carboxylic acids is 4. The Labute approximate surface area is 288 Å². The van der Waals surface area contributed by atoms with Crippen LogP contribution in [0.4, 0.5) is 0 Å². The number of esters is 1. The summed E-state index contributed by atoms with van der Waals surface area (Å²) in [6.45, 7) is 12.9. The summed E-state index contributed by atoms with van der Waals surface area (Å²) in [4.78, 5) is 58.2. The van der Waals surface area contributed by atoms with Gasteiger partial charge in [-0.1, -0.05) is 65.7 Å². The Morgan fingerprint density at radius 2 is 2.02 bits per heavy atom. The van der Waals surface area contributed by atoms with Crippen molar-refractivity contribution in [2.24, 2.45) is 17.8 Å². The van der Waals surface area contributed by atoms with Crippen molar-refractivity contribution in [1.82, 2.24) is 30.1 Å². The van der Waals surface area contributed by atoms with E-state index in [0.29, 0.717) is 24.8 Å². The molecule has 3 amide bonds. The number of hydrogen-bond donors (Lipinski definition) is 2. The zero-order valence-electron chi connectivity index (χ0n) is 27.7. The molecule has 0 radical (unpaired) electrons. The third-order valence-electron chi connectivity index (χ3n) is 9.94. The third-order valence-corrected chi connectivity index (χ3v) is 10.8. The van der Waals surface area contributed by atoms with Crippen molar-refractivity contribution in [3.05, 3.63) is 49.6 Å². The van der Waals surface area contributed by atoms with Gasteiger partial charge in [0.25, 0.3) is 0 Å². The maximum atomic E-state index is 14.9. The zero-order valence-corrected chi connectivity index (χ0v) is 29.3. The summed E-state index contributed by atoms with van der Waals surface area (Å²) < 4.78 is 14.1. The van der Waals surface area contributed by atoms with Crippen LogP contribution in [-0.2, 0) is 35.3 Å². The second-order valence-electron chi connectivity index (χ2n) is 13.0. The Morgan fingerprint density at radius 3 is 2.71 bits per heavy atom. The van der Waals surface area contributed by atoms with Gasteiger partial charge in [-0.25, -0.2) is 4.68 Å². The smallest absolute Gasteiger partial charge is 0.312 e. The van der Waals surface area contributed by atoms with Crippen LogP contribution >= 0.6 is 15.9 Å². The summed E-state index contributed by atoms with van der Waals surface area (Å²) in [7, 11) is 0. The fourth-order valence-electron chi connectivity index (χ4n) is 7.42. The van der Waals surface area contributed by atoms with Crippen molar-refractivity contribution >= 4 is 50.7 Å². The van der Waals surface area contributed by atoms with Crippen molar-refractivity contribution in [1.29, 1.82) is 0 Å². The van der Waals surface area contributed by atoms with Gasteiger partial charge in [-0.05, 0) is 37.8 Å². The molecule has 3 aliphatic heterocycles. The highest BCUT2D eigenvalue weighted by Gasteiger charge is 2.77. The quantitative estimate of drug-likeness (QED) is 0.151. The van der Waals surface area contributed by atoms with E-state index in [4.69, 9.17) is 9.47 Å². The molecule has 3 aliphatic rings. The lowest BCUT2D eigenvalue weighted by Gasteiger charge is -2.40. The van der Waals surface area contributed by atoms with Crippen molar-refractivity contribution in [3.63, 3.8) is 0 Å². The number of aromatic nitrogens is 3. The third kappa shape index (κ3) is 6.41. The molecular weight excluding hydrogens is 684 g/mol. The van der Waals surface area contributed by atoms with Gasteiger partial charge in [0.1, 0.15) is 29.9 Å². The average molecular weight is 730 g/mol. The van der Waals surface area contributed by atoms with E-state index in [-0.39, 0.29) is 49.4 Å². The lowest BCUT2D eigenvalue weighted by Crippen LogP contribution is -2.60. The van der Waals surface area contributed by atoms with Gasteiger partial charge in [0.05, 0.1) is 42.6 Å². The number of halogens is 1. The minimum atomic E-state index is -1.36. The topological polar surface area (TPSA) is 156 Å². The standard InChI is InChI=1S/C34H45BrN6O7/c1-6-9-14-26(43)36-17-21(5)47-33(46)27-28-31(44)41(25(18-42)20(4)8-3)30(34(28)16-22(35)29(27)48-34)32(45)39(15-7-2)19-40-24-13-11-10-12-23(24)37-38-40/h6-7,10-13,20-22,25,27-30,42H,1-2,8-9,14-19H2,3-5H3,(H,36,43)/t20-,21+,22?,25-,27+,28-,29+,30+,34-/m0/s1. The molecule has 0 aliphatic carbocycles. The number of amides is 3. The Morgan fingerprint density at radius 1 is 1.27 bits per heavy atom. The SMILES string of the molecule is C=CCCC(=O)NC[C@@H](C)OC(=O)[C@H]1[C@@H]2O[C@@]3(CC2Br)[C@@H]1C(=O)N([C@@H](CO)[C@@H](C)CC)[C@@H]3C(=O)N(CC=C)Cn1nnc2ccccc21. The van der Waals surface area contributed by atoms with Gasteiger partial charge in [-0.3, -0.25) is 19.2 Å². The highest BCUT2D eigenvalue weighted by molar-refractivity contribution is 9.09. The number of hydrogen-bond acceptors (Lipinski definition) is 9. The molecule has 1 spiro atoms. The molecule has 3 saturated heterocycles. The monoisotopic (exact) mass is 728 g/mol. The number of aliphatic hydroxyl groups excluding tert-OH is 1. The molecular formula is C34H45BrN6O7. The predicted octanol–water partition coefficient (Wildman–Crippen LogP) is 2.57. The highest BCUT2D eigenvalue weighted by Crippen LogP contribution is 2.61. The van der Waals surface area contributed by atoms with E-state index in [9.17, 15) is 24.3 Å². The van der Waals surface area contributed by atoms with Crippen LogP contribution in [0, 0.1) is 17.8 Å². The van der Waals surface area contributed by atoms with Gasteiger partial charge in [-0.15, -0.1) is 18.3 Å². The van der Waals surface area contributed by atoms with Gasteiger partial charge in [0, 0.05) is 17.8 Å². The minimum absolute atomic E-state index is 0.0282. The number of aliphatic hydroxyl groups is 1. The van der Waals surface area contributed by atoms with Crippen molar-refractivity contribution in [2.75, 3.05) is 19.7 Å². The molecule has 1 aromatic carbocycles. The van der Waals surface area contributed by atoms with Crippen LogP contribution in [-0.4, -0.2) is 108 Å². The maximum absolute atomic E-state index is 14.9. The number of rotatable bonds is 16. The molecule has 3 fully saturated rings. The molecule has 2 N–H and O–H groups in total. The zero-order chi connectivity index (χ0) is 34.7. The molecule has 13 nitrogen and oxygen atoms in total. The first kappa shape index (κ1) is 35.7. The van der Waals surface area contributed by atoms with Crippen molar-refractivity contribution in [3.8, 4) is 0 Å². The average Bonchev–Trinajstić information content (AvgIpc) is 3.80. The first-order valence-corrected chi connectivity index (χ1v) is 17.4. The van der Waals surface area contributed by atoms with E-state index in [1.54, 1.807) is 28.7 Å². The van der Waals surface area contributed by atoms with Crippen LogP contribution in [0.2, 0.25) is 0 Å². The number of fused-ring (bicyclic) bond motifs is 2. The van der Waals surface area contributed by atoms with Crippen molar-refractivity contribution in [2.45, 2.75) is 87.8 Å². The molecule has 2 bridgehead atoms.